The Hall–Kier alpha value is -1.85. The second-order valence-corrected chi connectivity index (χ2v) is 8.98. The van der Waals surface area contributed by atoms with Crippen LogP contribution in [0.1, 0.15) is 24.8 Å². The van der Waals surface area contributed by atoms with Crippen molar-refractivity contribution in [3.8, 4) is 5.75 Å². The highest BCUT2D eigenvalue weighted by atomic mass is 32.2. The second kappa shape index (κ2) is 9.19. The van der Waals surface area contributed by atoms with Gasteiger partial charge in [0.05, 0.1) is 12.4 Å². The van der Waals surface area contributed by atoms with E-state index in [0.717, 1.165) is 25.0 Å². The first-order chi connectivity index (χ1) is 12.6. The van der Waals surface area contributed by atoms with Crippen molar-refractivity contribution in [2.24, 2.45) is 5.92 Å². The Morgan fingerprint density at radius 2 is 1.69 bits per heavy atom. The van der Waals surface area contributed by atoms with Crippen LogP contribution in [-0.2, 0) is 16.4 Å². The van der Waals surface area contributed by atoms with E-state index in [1.54, 1.807) is 4.31 Å². The average Bonchev–Trinajstić information content (AvgIpc) is 2.68. The number of aryl methyl sites for hydroxylation is 1. The van der Waals surface area contributed by atoms with Crippen LogP contribution in [0.25, 0.3) is 0 Å². The van der Waals surface area contributed by atoms with Crippen LogP contribution in [0.15, 0.2) is 60.7 Å². The highest BCUT2D eigenvalue weighted by Crippen LogP contribution is 2.21. The standard InChI is InChI=1S/C21H27NO3S/c23-26(24,16-8-12-19-9-3-1-4-10-19)22-15-7-11-20(17-22)18-25-21-13-5-2-6-14-21/h1-6,9-10,13-14,20H,7-8,11-12,15-18H2. The van der Waals surface area contributed by atoms with Gasteiger partial charge in [-0.05, 0) is 43.4 Å². The zero-order chi connectivity index (χ0) is 18.2. The molecule has 140 valence electrons. The molecule has 0 bridgehead atoms. The molecule has 3 rings (SSSR count). The Kier molecular flexibility index (Phi) is 6.69. The number of sulfonamides is 1. The van der Waals surface area contributed by atoms with Crippen molar-refractivity contribution in [3.63, 3.8) is 0 Å². The molecule has 2 aromatic carbocycles. The monoisotopic (exact) mass is 373 g/mol. The van der Waals surface area contributed by atoms with Crippen LogP contribution in [0, 0.1) is 5.92 Å². The van der Waals surface area contributed by atoms with E-state index < -0.39 is 10.0 Å². The summed E-state index contributed by atoms with van der Waals surface area (Å²) >= 11 is 0. The number of nitrogens with zero attached hydrogens (tertiary/aromatic N) is 1. The fraction of sp³-hybridized carbons (Fsp3) is 0.429. The quantitative estimate of drug-likeness (QED) is 0.708. The van der Waals surface area contributed by atoms with Crippen LogP contribution < -0.4 is 4.74 Å². The number of ether oxygens (including phenoxy) is 1. The van der Waals surface area contributed by atoms with Crippen molar-refractivity contribution in [2.75, 3.05) is 25.4 Å². The molecule has 0 saturated carbocycles. The predicted molar refractivity (Wildman–Crippen MR) is 105 cm³/mol. The Balaban J connectivity index is 1.47. The lowest BCUT2D eigenvalue weighted by Crippen LogP contribution is -2.42. The third-order valence-electron chi connectivity index (χ3n) is 4.81. The number of benzene rings is 2. The van der Waals surface area contributed by atoms with E-state index in [1.807, 2.05) is 60.7 Å². The van der Waals surface area contributed by atoms with Crippen LogP contribution >= 0.6 is 0 Å². The molecule has 1 saturated heterocycles. The number of para-hydroxylation sites is 1. The Morgan fingerprint density at radius 3 is 2.42 bits per heavy atom. The largest absolute Gasteiger partial charge is 0.493 e. The summed E-state index contributed by atoms with van der Waals surface area (Å²) in [6, 6.07) is 19.8. The number of hydrogen-bond acceptors (Lipinski definition) is 3. The summed E-state index contributed by atoms with van der Waals surface area (Å²) in [7, 11) is -3.19. The smallest absolute Gasteiger partial charge is 0.214 e. The van der Waals surface area contributed by atoms with Crippen molar-refractivity contribution >= 4 is 10.0 Å². The van der Waals surface area contributed by atoms with Gasteiger partial charge in [-0.25, -0.2) is 12.7 Å². The summed E-state index contributed by atoms with van der Waals surface area (Å²) in [4.78, 5) is 0. The summed E-state index contributed by atoms with van der Waals surface area (Å²) in [6.07, 6.45) is 3.38. The van der Waals surface area contributed by atoms with Crippen LogP contribution in [0.3, 0.4) is 0 Å². The summed E-state index contributed by atoms with van der Waals surface area (Å²) < 4.78 is 32.9. The molecule has 5 heteroatoms. The van der Waals surface area contributed by atoms with Gasteiger partial charge in [-0.1, -0.05) is 48.5 Å². The zero-order valence-corrected chi connectivity index (χ0v) is 15.9. The van der Waals surface area contributed by atoms with Crippen molar-refractivity contribution < 1.29 is 13.2 Å². The van der Waals surface area contributed by atoms with Gasteiger partial charge in [-0.3, -0.25) is 0 Å². The lowest BCUT2D eigenvalue weighted by atomic mass is 10.0. The zero-order valence-electron chi connectivity index (χ0n) is 15.1. The van der Waals surface area contributed by atoms with Gasteiger partial charge in [0, 0.05) is 19.0 Å². The van der Waals surface area contributed by atoms with Gasteiger partial charge in [0.15, 0.2) is 0 Å². The average molecular weight is 374 g/mol. The molecule has 1 aliphatic rings. The minimum absolute atomic E-state index is 0.216. The summed E-state index contributed by atoms with van der Waals surface area (Å²) in [5.41, 5.74) is 1.19. The normalized spacial score (nSPS) is 18.5. The highest BCUT2D eigenvalue weighted by Gasteiger charge is 2.28. The molecular formula is C21H27NO3S. The molecule has 0 radical (unpaired) electrons. The minimum atomic E-state index is -3.19. The maximum Gasteiger partial charge on any atom is 0.214 e. The lowest BCUT2D eigenvalue weighted by Gasteiger charge is -2.31. The molecule has 4 nitrogen and oxygen atoms in total. The minimum Gasteiger partial charge on any atom is -0.493 e. The highest BCUT2D eigenvalue weighted by molar-refractivity contribution is 7.89. The molecule has 1 atom stereocenters. The van der Waals surface area contributed by atoms with Gasteiger partial charge in [0.25, 0.3) is 0 Å². The van der Waals surface area contributed by atoms with E-state index in [4.69, 9.17) is 4.74 Å². The second-order valence-electron chi connectivity index (χ2n) is 6.90. The van der Waals surface area contributed by atoms with Crippen molar-refractivity contribution in [1.82, 2.24) is 4.31 Å². The Morgan fingerprint density at radius 1 is 1.00 bits per heavy atom. The van der Waals surface area contributed by atoms with E-state index in [9.17, 15) is 8.42 Å². The fourth-order valence-corrected chi connectivity index (χ4v) is 4.99. The van der Waals surface area contributed by atoms with Gasteiger partial charge in [0.1, 0.15) is 5.75 Å². The predicted octanol–water partition coefficient (Wildman–Crippen LogP) is 3.74. The molecular weight excluding hydrogens is 346 g/mol. The molecule has 1 aliphatic heterocycles. The molecule has 0 spiro atoms. The molecule has 2 aromatic rings. The maximum absolute atomic E-state index is 12.7. The van der Waals surface area contributed by atoms with Crippen LogP contribution in [-0.4, -0.2) is 38.2 Å². The SMILES string of the molecule is O=S(=O)(CCCc1ccccc1)N1CCCC(COc2ccccc2)C1. The molecule has 0 N–H and O–H groups in total. The summed E-state index contributed by atoms with van der Waals surface area (Å²) in [5, 5.41) is 0. The van der Waals surface area contributed by atoms with E-state index in [2.05, 4.69) is 0 Å². The first kappa shape index (κ1) is 18.9. The molecule has 1 fully saturated rings. The molecule has 0 aliphatic carbocycles. The lowest BCUT2D eigenvalue weighted by molar-refractivity contribution is 0.180. The van der Waals surface area contributed by atoms with Gasteiger partial charge in [0.2, 0.25) is 10.0 Å². The topological polar surface area (TPSA) is 46.6 Å². The number of piperidine rings is 1. The van der Waals surface area contributed by atoms with Gasteiger partial charge in [-0.15, -0.1) is 0 Å². The van der Waals surface area contributed by atoms with E-state index >= 15 is 0 Å². The molecule has 1 unspecified atom stereocenters. The van der Waals surface area contributed by atoms with Crippen LogP contribution in [0.5, 0.6) is 5.75 Å². The van der Waals surface area contributed by atoms with E-state index in [0.29, 0.717) is 26.1 Å². The molecule has 1 heterocycles. The summed E-state index contributed by atoms with van der Waals surface area (Å²) in [6.45, 7) is 1.77. The molecule has 0 amide bonds. The molecule has 0 aromatic heterocycles. The van der Waals surface area contributed by atoms with Crippen molar-refractivity contribution in [3.05, 3.63) is 66.2 Å². The third-order valence-corrected chi connectivity index (χ3v) is 6.74. The molecule has 26 heavy (non-hydrogen) atoms. The third kappa shape index (κ3) is 5.58. The summed E-state index contributed by atoms with van der Waals surface area (Å²) in [5.74, 6) is 1.32. The first-order valence-electron chi connectivity index (χ1n) is 9.33. The van der Waals surface area contributed by atoms with Gasteiger partial charge >= 0.3 is 0 Å². The van der Waals surface area contributed by atoms with E-state index in [1.165, 1.54) is 5.56 Å². The van der Waals surface area contributed by atoms with Gasteiger partial charge < -0.3 is 4.74 Å². The van der Waals surface area contributed by atoms with Gasteiger partial charge in [-0.2, -0.15) is 0 Å². The van der Waals surface area contributed by atoms with Crippen LogP contribution in [0.4, 0.5) is 0 Å². The Labute approximate surface area is 156 Å². The van der Waals surface area contributed by atoms with Crippen molar-refractivity contribution in [2.45, 2.75) is 25.7 Å². The van der Waals surface area contributed by atoms with E-state index in [-0.39, 0.29) is 11.7 Å². The van der Waals surface area contributed by atoms with Crippen molar-refractivity contribution in [1.29, 1.82) is 0 Å². The maximum atomic E-state index is 12.7. The fourth-order valence-electron chi connectivity index (χ4n) is 3.38. The Bertz CT molecular complexity index is 762. The number of rotatable bonds is 8. The number of hydrogen-bond donors (Lipinski definition) is 0. The first-order valence-corrected chi connectivity index (χ1v) is 10.9. The van der Waals surface area contributed by atoms with Crippen LogP contribution in [0.2, 0.25) is 0 Å².